The highest BCUT2D eigenvalue weighted by Gasteiger charge is 2.43. The maximum Gasteiger partial charge on any atom is 0.174 e. The molecule has 1 aliphatic heterocycles. The normalized spacial score (nSPS) is 17.4. The Morgan fingerprint density at radius 3 is 2.57 bits per heavy atom. The van der Waals surface area contributed by atoms with Gasteiger partial charge in [0.25, 0.3) is 0 Å². The zero-order valence-corrected chi connectivity index (χ0v) is 21.2. The summed E-state index contributed by atoms with van der Waals surface area (Å²) in [5, 5.41) is 5.00. The van der Waals surface area contributed by atoms with Crippen LogP contribution >= 0.6 is 35.4 Å². The van der Waals surface area contributed by atoms with E-state index < -0.39 is 0 Å². The van der Waals surface area contributed by atoms with Crippen LogP contribution in [0.25, 0.3) is 11.3 Å². The highest BCUT2D eigenvalue weighted by atomic mass is 35.5. The molecule has 1 N–H and O–H groups in total. The number of ether oxygens (including phenoxy) is 2. The summed E-state index contributed by atoms with van der Waals surface area (Å²) in [6.45, 7) is 0. The van der Waals surface area contributed by atoms with E-state index in [0.717, 1.165) is 16.9 Å². The van der Waals surface area contributed by atoms with Crippen LogP contribution in [-0.2, 0) is 0 Å². The van der Waals surface area contributed by atoms with E-state index in [1.807, 2.05) is 59.5 Å². The second-order valence-corrected chi connectivity index (χ2v) is 9.09. The summed E-state index contributed by atoms with van der Waals surface area (Å²) >= 11 is 18.3. The Morgan fingerprint density at radius 2 is 1.86 bits per heavy atom. The topological polar surface area (TPSA) is 59.8 Å². The van der Waals surface area contributed by atoms with Gasteiger partial charge in [0.05, 0.1) is 36.7 Å². The Bertz CT molecular complexity index is 1380. The Morgan fingerprint density at radius 1 is 1.00 bits per heavy atom. The molecule has 0 radical (unpaired) electrons. The van der Waals surface area contributed by atoms with Gasteiger partial charge in [-0.2, -0.15) is 0 Å². The van der Waals surface area contributed by atoms with Crippen molar-refractivity contribution in [2.24, 2.45) is 0 Å². The van der Waals surface area contributed by atoms with Gasteiger partial charge < -0.3 is 24.1 Å². The lowest BCUT2D eigenvalue weighted by Crippen LogP contribution is -2.29. The third-order valence-corrected chi connectivity index (χ3v) is 6.72. The monoisotopic (exact) mass is 525 g/mol. The molecule has 2 aromatic heterocycles. The molecule has 4 aromatic rings. The van der Waals surface area contributed by atoms with Gasteiger partial charge in [-0.3, -0.25) is 4.98 Å². The number of nitrogens with zero attached hydrogens (tertiary/aromatic N) is 2. The van der Waals surface area contributed by atoms with Gasteiger partial charge >= 0.3 is 0 Å². The molecule has 2 atom stereocenters. The highest BCUT2D eigenvalue weighted by Crippen LogP contribution is 2.46. The molecule has 1 fully saturated rings. The van der Waals surface area contributed by atoms with Gasteiger partial charge in [-0.1, -0.05) is 29.3 Å². The minimum atomic E-state index is -0.363. The second-order valence-electron chi connectivity index (χ2n) is 7.86. The lowest BCUT2D eigenvalue weighted by Gasteiger charge is -2.27. The summed E-state index contributed by atoms with van der Waals surface area (Å²) in [6.07, 6.45) is 1.76. The number of thiocarbonyl (C=S) groups is 1. The van der Waals surface area contributed by atoms with E-state index in [0.29, 0.717) is 38.2 Å². The van der Waals surface area contributed by atoms with E-state index in [4.69, 9.17) is 49.3 Å². The van der Waals surface area contributed by atoms with Crippen LogP contribution in [0.5, 0.6) is 11.5 Å². The van der Waals surface area contributed by atoms with Gasteiger partial charge in [-0.15, -0.1) is 0 Å². The highest BCUT2D eigenvalue weighted by molar-refractivity contribution is 7.80. The number of aromatic nitrogens is 1. The molecule has 0 saturated carbocycles. The van der Waals surface area contributed by atoms with E-state index in [1.54, 1.807) is 32.5 Å². The molecular formula is C26H21Cl2N3O3S. The van der Waals surface area contributed by atoms with Crippen molar-refractivity contribution in [2.45, 2.75) is 12.1 Å². The van der Waals surface area contributed by atoms with Gasteiger partial charge in [-0.25, -0.2) is 0 Å². The summed E-state index contributed by atoms with van der Waals surface area (Å²) in [6, 6.07) is 19.8. The first kappa shape index (κ1) is 23.5. The lowest BCUT2D eigenvalue weighted by molar-refractivity contribution is 0.400. The van der Waals surface area contributed by atoms with Crippen LogP contribution in [0.15, 0.2) is 77.3 Å². The van der Waals surface area contributed by atoms with Crippen LogP contribution in [0, 0.1) is 0 Å². The number of rotatable bonds is 6. The number of methoxy groups -OCH3 is 2. The van der Waals surface area contributed by atoms with Crippen molar-refractivity contribution in [1.82, 2.24) is 10.3 Å². The molecule has 178 valence electrons. The number of halogens is 2. The van der Waals surface area contributed by atoms with Gasteiger partial charge in [0, 0.05) is 22.8 Å². The average molecular weight is 526 g/mol. The largest absolute Gasteiger partial charge is 0.497 e. The fraction of sp³-hybridized carbons (Fsp3) is 0.154. The molecule has 0 aliphatic carbocycles. The van der Waals surface area contributed by atoms with Gasteiger partial charge in [-0.05, 0) is 66.8 Å². The smallest absolute Gasteiger partial charge is 0.174 e. The summed E-state index contributed by atoms with van der Waals surface area (Å²) in [5.41, 5.74) is 2.32. The molecule has 0 amide bonds. The Kier molecular flexibility index (Phi) is 6.56. The molecular weight excluding hydrogens is 505 g/mol. The summed E-state index contributed by atoms with van der Waals surface area (Å²) < 4.78 is 17.5. The zero-order valence-electron chi connectivity index (χ0n) is 18.9. The van der Waals surface area contributed by atoms with Crippen molar-refractivity contribution >= 4 is 46.2 Å². The van der Waals surface area contributed by atoms with Crippen LogP contribution in [0.1, 0.15) is 23.5 Å². The predicted octanol–water partition coefficient (Wildman–Crippen LogP) is 6.84. The molecule has 6 nitrogen and oxygen atoms in total. The van der Waals surface area contributed by atoms with Gasteiger partial charge in [0.2, 0.25) is 0 Å². The maximum absolute atomic E-state index is 6.45. The number of pyridine rings is 1. The number of hydrogen-bond donors (Lipinski definition) is 1. The standard InChI is InChI=1S/C26H21Cl2N3O3S/c1-32-16-7-9-22(33-2)20(14-16)31-25(24(30-26(31)35)19-5-3-4-12-29-19)23-11-10-21(34-23)17-8-6-15(27)13-18(17)28/h3-14,24-25H,1-2H3,(H,30,35)/t24-,25-/m0/s1. The minimum absolute atomic E-state index is 0.278. The Hall–Kier alpha value is -3.26. The Balaban J connectivity index is 1.65. The first-order chi connectivity index (χ1) is 17.0. The molecule has 0 bridgehead atoms. The molecule has 0 spiro atoms. The first-order valence-electron chi connectivity index (χ1n) is 10.8. The third kappa shape index (κ3) is 4.43. The van der Waals surface area contributed by atoms with Crippen molar-refractivity contribution in [3.63, 3.8) is 0 Å². The first-order valence-corrected chi connectivity index (χ1v) is 11.9. The SMILES string of the molecule is COc1ccc(OC)c(N2C(=S)N[C@@H](c3ccccn3)[C@@H]2c2ccc(-c3ccc(Cl)cc3Cl)o2)c1. The van der Waals surface area contributed by atoms with E-state index in [-0.39, 0.29) is 12.1 Å². The van der Waals surface area contributed by atoms with Crippen molar-refractivity contribution in [3.05, 3.63) is 94.4 Å². The Labute approximate surface area is 218 Å². The van der Waals surface area contributed by atoms with Crippen molar-refractivity contribution in [2.75, 3.05) is 19.1 Å². The maximum atomic E-state index is 6.45. The third-order valence-electron chi connectivity index (χ3n) is 5.86. The molecule has 2 aromatic carbocycles. The molecule has 1 aliphatic rings. The number of nitrogens with one attached hydrogen (secondary N) is 1. The molecule has 35 heavy (non-hydrogen) atoms. The number of benzene rings is 2. The van der Waals surface area contributed by atoms with Crippen LogP contribution in [0.3, 0.4) is 0 Å². The molecule has 3 heterocycles. The van der Waals surface area contributed by atoms with E-state index in [2.05, 4.69) is 10.3 Å². The number of hydrogen-bond acceptors (Lipinski definition) is 5. The number of anilines is 1. The predicted molar refractivity (Wildman–Crippen MR) is 142 cm³/mol. The minimum Gasteiger partial charge on any atom is -0.497 e. The van der Waals surface area contributed by atoms with Gasteiger partial charge in [0.1, 0.15) is 29.1 Å². The quantitative estimate of drug-likeness (QED) is 0.276. The fourth-order valence-corrected chi connectivity index (χ4v) is 5.07. The van der Waals surface area contributed by atoms with E-state index in [9.17, 15) is 0 Å². The van der Waals surface area contributed by atoms with Gasteiger partial charge in [0.15, 0.2) is 5.11 Å². The van der Waals surface area contributed by atoms with Crippen LogP contribution < -0.4 is 19.7 Å². The van der Waals surface area contributed by atoms with E-state index >= 15 is 0 Å². The second kappa shape index (κ2) is 9.77. The van der Waals surface area contributed by atoms with Crippen molar-refractivity contribution in [3.8, 4) is 22.8 Å². The molecule has 5 rings (SSSR count). The molecule has 0 unspecified atom stereocenters. The van der Waals surface area contributed by atoms with Crippen LogP contribution in [0.4, 0.5) is 5.69 Å². The number of furan rings is 1. The summed E-state index contributed by atoms with van der Waals surface area (Å²) in [5.74, 6) is 2.63. The fourth-order valence-electron chi connectivity index (χ4n) is 4.23. The molecule has 1 saturated heterocycles. The molecule has 9 heteroatoms. The lowest BCUT2D eigenvalue weighted by atomic mass is 10.0. The van der Waals surface area contributed by atoms with E-state index in [1.165, 1.54) is 0 Å². The van der Waals surface area contributed by atoms with Crippen LogP contribution in [-0.4, -0.2) is 24.3 Å². The van der Waals surface area contributed by atoms with Crippen LogP contribution in [0.2, 0.25) is 10.0 Å². The van der Waals surface area contributed by atoms with Crippen molar-refractivity contribution < 1.29 is 13.9 Å². The van der Waals surface area contributed by atoms with Crippen molar-refractivity contribution in [1.29, 1.82) is 0 Å². The zero-order chi connectivity index (χ0) is 24.5. The summed E-state index contributed by atoms with van der Waals surface area (Å²) in [4.78, 5) is 6.56. The summed E-state index contributed by atoms with van der Waals surface area (Å²) in [7, 11) is 3.24. The average Bonchev–Trinajstić information content (AvgIpc) is 3.48.